The fraction of sp³-hybridized carbons (Fsp3) is 0.286. The smallest absolute Gasteiger partial charge is 0.410 e. The van der Waals surface area contributed by atoms with Gasteiger partial charge in [0.05, 0.1) is 13.0 Å². The second-order valence-electron chi connectivity index (χ2n) is 8.97. The standard InChI is InChI=1S/C28H30N4O3/c33-27(17-23-18-30-26-8-4-3-7-25(23)26)31-19-24(35-28(34)32-13-11-29-12-14-32)16-20-9-10-21-5-1-2-6-22(21)15-20/h1-10,15,18,24,29-30H,11-14,16-17,19H2,(H,31,33). The lowest BCUT2D eigenvalue weighted by Gasteiger charge is -2.29. The number of piperazine rings is 1. The number of ether oxygens (including phenoxy) is 1. The summed E-state index contributed by atoms with van der Waals surface area (Å²) in [5, 5.41) is 9.58. The Hall–Kier alpha value is -3.84. The van der Waals surface area contributed by atoms with E-state index in [1.54, 1.807) is 4.90 Å². The quantitative estimate of drug-likeness (QED) is 0.385. The van der Waals surface area contributed by atoms with E-state index in [1.165, 1.54) is 0 Å². The van der Waals surface area contributed by atoms with Gasteiger partial charge in [-0.05, 0) is 28.0 Å². The second-order valence-corrected chi connectivity index (χ2v) is 8.97. The van der Waals surface area contributed by atoms with Gasteiger partial charge in [-0.3, -0.25) is 4.79 Å². The van der Waals surface area contributed by atoms with Crippen molar-refractivity contribution in [1.29, 1.82) is 0 Å². The number of fused-ring (bicyclic) bond motifs is 2. The summed E-state index contributed by atoms with van der Waals surface area (Å²) in [4.78, 5) is 30.5. The van der Waals surface area contributed by atoms with Crippen molar-refractivity contribution in [2.24, 2.45) is 0 Å². The Balaban J connectivity index is 1.26. The molecule has 5 rings (SSSR count). The summed E-state index contributed by atoms with van der Waals surface area (Å²) in [5.74, 6) is -0.100. The summed E-state index contributed by atoms with van der Waals surface area (Å²) < 4.78 is 5.90. The predicted octanol–water partition coefficient (Wildman–Crippen LogP) is 3.63. The van der Waals surface area contributed by atoms with Gasteiger partial charge < -0.3 is 25.3 Å². The van der Waals surface area contributed by atoms with E-state index in [1.807, 2.05) is 42.6 Å². The minimum Gasteiger partial charge on any atom is -0.444 e. The van der Waals surface area contributed by atoms with E-state index in [0.29, 0.717) is 19.5 Å². The van der Waals surface area contributed by atoms with Crippen LogP contribution < -0.4 is 10.6 Å². The number of nitrogens with zero attached hydrogens (tertiary/aromatic N) is 1. The Morgan fingerprint density at radius 1 is 0.971 bits per heavy atom. The Morgan fingerprint density at radius 3 is 2.60 bits per heavy atom. The van der Waals surface area contributed by atoms with Gasteiger partial charge >= 0.3 is 6.09 Å². The molecule has 1 fully saturated rings. The maximum Gasteiger partial charge on any atom is 0.410 e. The Morgan fingerprint density at radius 2 is 1.74 bits per heavy atom. The lowest BCUT2D eigenvalue weighted by atomic mass is 10.0. The number of carbonyl (C=O) groups excluding carboxylic acids is 2. The first-order valence-electron chi connectivity index (χ1n) is 12.1. The highest BCUT2D eigenvalue weighted by Gasteiger charge is 2.23. The van der Waals surface area contributed by atoms with Crippen LogP contribution in [0.5, 0.6) is 0 Å². The first-order chi connectivity index (χ1) is 17.2. The molecule has 7 nitrogen and oxygen atoms in total. The van der Waals surface area contributed by atoms with Crippen LogP contribution >= 0.6 is 0 Å². The second kappa shape index (κ2) is 10.6. The first kappa shape index (κ1) is 22.9. The van der Waals surface area contributed by atoms with E-state index >= 15 is 0 Å². The molecule has 3 N–H and O–H groups in total. The van der Waals surface area contributed by atoms with Crippen LogP contribution in [0.1, 0.15) is 11.1 Å². The van der Waals surface area contributed by atoms with Crippen LogP contribution in [0, 0.1) is 0 Å². The molecule has 0 aliphatic carbocycles. The molecule has 0 spiro atoms. The van der Waals surface area contributed by atoms with Gasteiger partial charge in [-0.25, -0.2) is 4.79 Å². The summed E-state index contributed by atoms with van der Waals surface area (Å²) >= 11 is 0. The number of nitrogens with one attached hydrogen (secondary N) is 3. The SMILES string of the molecule is O=C(Cc1c[nH]c2ccccc12)NCC(Cc1ccc2ccccc2c1)OC(=O)N1CCNCC1. The van der Waals surface area contributed by atoms with Crippen LogP contribution in [-0.4, -0.2) is 60.7 Å². The van der Waals surface area contributed by atoms with Crippen LogP contribution in [0.3, 0.4) is 0 Å². The lowest BCUT2D eigenvalue weighted by molar-refractivity contribution is -0.120. The Labute approximate surface area is 204 Å². The molecule has 180 valence electrons. The van der Waals surface area contributed by atoms with Crippen molar-refractivity contribution in [1.82, 2.24) is 20.5 Å². The van der Waals surface area contributed by atoms with E-state index in [4.69, 9.17) is 4.74 Å². The summed E-state index contributed by atoms with van der Waals surface area (Å²) in [6, 6.07) is 22.4. The molecular weight excluding hydrogens is 440 g/mol. The van der Waals surface area contributed by atoms with Crippen molar-refractivity contribution in [3.05, 3.63) is 84.1 Å². The predicted molar refractivity (Wildman–Crippen MR) is 137 cm³/mol. The number of hydrogen-bond acceptors (Lipinski definition) is 4. The van der Waals surface area contributed by atoms with Gasteiger partial charge in [-0.2, -0.15) is 0 Å². The molecule has 1 saturated heterocycles. The van der Waals surface area contributed by atoms with Crippen molar-refractivity contribution < 1.29 is 14.3 Å². The van der Waals surface area contributed by atoms with Gasteiger partial charge in [-0.15, -0.1) is 0 Å². The summed E-state index contributed by atoms with van der Waals surface area (Å²) in [6.07, 6.45) is 1.86. The van der Waals surface area contributed by atoms with E-state index in [2.05, 4.69) is 45.9 Å². The largest absolute Gasteiger partial charge is 0.444 e. The molecule has 1 aliphatic heterocycles. The van der Waals surface area contributed by atoms with E-state index in [-0.39, 0.29) is 25.0 Å². The third-order valence-electron chi connectivity index (χ3n) is 6.47. The fourth-order valence-corrected chi connectivity index (χ4v) is 4.59. The van der Waals surface area contributed by atoms with Crippen LogP contribution in [0.15, 0.2) is 72.9 Å². The zero-order valence-electron chi connectivity index (χ0n) is 19.6. The number of aromatic amines is 1. The molecule has 2 amide bonds. The zero-order chi connectivity index (χ0) is 24.0. The highest BCUT2D eigenvalue weighted by atomic mass is 16.6. The van der Waals surface area contributed by atoms with Crippen molar-refractivity contribution in [3.63, 3.8) is 0 Å². The maximum absolute atomic E-state index is 12.8. The highest BCUT2D eigenvalue weighted by molar-refractivity contribution is 5.89. The summed E-state index contributed by atoms with van der Waals surface area (Å²) in [7, 11) is 0. The molecule has 3 aromatic carbocycles. The molecule has 4 aromatic rings. The molecule has 0 bridgehead atoms. The van der Waals surface area contributed by atoms with Gasteiger partial charge in [0.15, 0.2) is 0 Å². The molecule has 0 radical (unpaired) electrons. The number of para-hydroxylation sites is 1. The van der Waals surface area contributed by atoms with Crippen molar-refractivity contribution in [2.75, 3.05) is 32.7 Å². The normalized spacial score (nSPS) is 14.7. The molecular formula is C28H30N4O3. The minimum absolute atomic E-state index is 0.100. The van der Waals surface area contributed by atoms with Crippen molar-refractivity contribution in [3.8, 4) is 0 Å². The Bertz CT molecular complexity index is 1330. The Kier molecular flexibility index (Phi) is 6.95. The topological polar surface area (TPSA) is 86.5 Å². The van der Waals surface area contributed by atoms with Crippen molar-refractivity contribution in [2.45, 2.75) is 18.9 Å². The molecule has 35 heavy (non-hydrogen) atoms. The number of aromatic nitrogens is 1. The molecule has 1 aliphatic rings. The summed E-state index contributed by atoms with van der Waals surface area (Å²) in [5.41, 5.74) is 3.02. The number of amides is 2. The van der Waals surface area contributed by atoms with E-state index < -0.39 is 6.10 Å². The van der Waals surface area contributed by atoms with Gasteiger partial charge in [-0.1, -0.05) is 60.7 Å². The van der Waals surface area contributed by atoms with Gasteiger partial charge in [0, 0.05) is 49.7 Å². The first-order valence-corrected chi connectivity index (χ1v) is 12.1. The number of hydrogen-bond donors (Lipinski definition) is 3. The zero-order valence-corrected chi connectivity index (χ0v) is 19.6. The third-order valence-corrected chi connectivity index (χ3v) is 6.47. The number of rotatable bonds is 7. The third kappa shape index (κ3) is 5.63. The van der Waals surface area contributed by atoms with Gasteiger partial charge in [0.25, 0.3) is 0 Å². The highest BCUT2D eigenvalue weighted by Crippen LogP contribution is 2.19. The van der Waals surface area contributed by atoms with Gasteiger partial charge in [0.1, 0.15) is 6.10 Å². The number of carbonyl (C=O) groups is 2. The molecule has 1 unspecified atom stereocenters. The lowest BCUT2D eigenvalue weighted by Crippen LogP contribution is -2.48. The summed E-state index contributed by atoms with van der Waals surface area (Å²) in [6.45, 7) is 3.01. The van der Waals surface area contributed by atoms with Crippen LogP contribution in [-0.2, 0) is 22.4 Å². The molecule has 1 atom stereocenters. The average molecular weight is 471 g/mol. The van der Waals surface area contributed by atoms with Crippen molar-refractivity contribution >= 4 is 33.7 Å². The van der Waals surface area contributed by atoms with Gasteiger partial charge in [0.2, 0.25) is 5.91 Å². The number of H-pyrrole nitrogens is 1. The maximum atomic E-state index is 12.8. The number of benzene rings is 3. The van der Waals surface area contributed by atoms with Crippen LogP contribution in [0.4, 0.5) is 4.79 Å². The monoisotopic (exact) mass is 470 g/mol. The minimum atomic E-state index is -0.467. The molecule has 1 aromatic heterocycles. The molecule has 0 saturated carbocycles. The van der Waals surface area contributed by atoms with E-state index in [9.17, 15) is 9.59 Å². The van der Waals surface area contributed by atoms with E-state index in [0.717, 1.165) is 45.9 Å². The van der Waals surface area contributed by atoms with Crippen LogP contribution in [0.2, 0.25) is 0 Å². The average Bonchev–Trinajstić information content (AvgIpc) is 3.30. The van der Waals surface area contributed by atoms with Crippen LogP contribution in [0.25, 0.3) is 21.7 Å². The fourth-order valence-electron chi connectivity index (χ4n) is 4.59. The molecule has 2 heterocycles. The molecule has 7 heteroatoms.